The predicted molar refractivity (Wildman–Crippen MR) is 257 cm³/mol. The monoisotopic (exact) mass is 932 g/mol. The maximum absolute atomic E-state index is 12.6. The van der Waals surface area contributed by atoms with E-state index < -0.39 is 21.1 Å². The van der Waals surface area contributed by atoms with Gasteiger partial charge in [-0.1, -0.05) is 52.3 Å². The van der Waals surface area contributed by atoms with Gasteiger partial charge in [0, 0.05) is 39.4 Å². The zero-order chi connectivity index (χ0) is 46.5. The van der Waals surface area contributed by atoms with Gasteiger partial charge in [0.25, 0.3) is 0 Å². The van der Waals surface area contributed by atoms with Crippen molar-refractivity contribution in [2.75, 3.05) is 0 Å². The number of carbonyl (C=O) groups excluding carboxylic acids is 2. The van der Waals surface area contributed by atoms with Crippen LogP contribution in [0.15, 0.2) is 89.7 Å². The van der Waals surface area contributed by atoms with Crippen LogP contribution in [0.1, 0.15) is 164 Å². The predicted octanol–water partition coefficient (Wildman–Crippen LogP) is 10.1. The number of hydrogen-bond donors (Lipinski definition) is 0. The molecule has 3 saturated heterocycles. The second-order valence-electron chi connectivity index (χ2n) is 20.9. The lowest BCUT2D eigenvalue weighted by molar-refractivity contribution is 0.00578. The molecule has 0 atom stereocenters. The Hall–Kier alpha value is -3.49. The maximum atomic E-state index is 12.6. The molecule has 0 amide bonds. The van der Waals surface area contributed by atoms with Crippen LogP contribution in [0.5, 0.6) is 0 Å². The Kier molecular flexibility index (Phi) is 13.9. The number of rotatable bonds is 10. The highest BCUT2D eigenvalue weighted by molar-refractivity contribution is 9.10. The molecule has 2 aromatic heterocycles. The van der Waals surface area contributed by atoms with Crippen molar-refractivity contribution in [1.82, 2.24) is 9.97 Å². The van der Waals surface area contributed by atoms with Gasteiger partial charge in [-0.05, 0) is 174 Å². The summed E-state index contributed by atoms with van der Waals surface area (Å²) in [6.07, 6.45) is 9.37. The van der Waals surface area contributed by atoms with E-state index in [1.165, 1.54) is 36.8 Å². The lowest BCUT2D eigenvalue weighted by atomic mass is 9.49. The highest BCUT2D eigenvalue weighted by Crippen LogP contribution is 2.44. The summed E-state index contributed by atoms with van der Waals surface area (Å²) >= 11 is 3.37. The van der Waals surface area contributed by atoms with E-state index in [1.807, 2.05) is 144 Å². The largest absolute Gasteiger partial charge is 0.494 e. The topological polar surface area (TPSA) is 115 Å². The van der Waals surface area contributed by atoms with Gasteiger partial charge in [-0.2, -0.15) is 0 Å². The van der Waals surface area contributed by atoms with Crippen molar-refractivity contribution < 1.29 is 37.5 Å². The van der Waals surface area contributed by atoms with Crippen LogP contribution in [-0.2, 0) is 40.8 Å². The summed E-state index contributed by atoms with van der Waals surface area (Å²) in [4.78, 5) is 33.5. The quantitative estimate of drug-likeness (QED) is 0.112. The van der Waals surface area contributed by atoms with E-state index in [-0.39, 0.29) is 45.2 Å². The van der Waals surface area contributed by atoms with Gasteiger partial charge in [-0.15, -0.1) is 0 Å². The Morgan fingerprint density at radius 2 is 0.844 bits per heavy atom. The second kappa shape index (κ2) is 18.3. The van der Waals surface area contributed by atoms with Crippen molar-refractivity contribution in [2.24, 2.45) is 0 Å². The zero-order valence-corrected chi connectivity index (χ0v) is 41.3. The van der Waals surface area contributed by atoms with Crippen molar-refractivity contribution >= 4 is 54.1 Å². The van der Waals surface area contributed by atoms with Gasteiger partial charge in [-0.3, -0.25) is 19.6 Å². The van der Waals surface area contributed by atoms with Crippen LogP contribution in [0.25, 0.3) is 0 Å². The van der Waals surface area contributed by atoms with Gasteiger partial charge in [0.1, 0.15) is 0 Å². The highest BCUT2D eigenvalue weighted by Gasteiger charge is 2.63. The summed E-state index contributed by atoms with van der Waals surface area (Å²) in [7, 11) is -1.36. The lowest BCUT2D eigenvalue weighted by Crippen LogP contribution is -2.41. The Labute approximate surface area is 390 Å². The van der Waals surface area contributed by atoms with E-state index in [9.17, 15) is 9.59 Å². The summed E-state index contributed by atoms with van der Waals surface area (Å²) < 4.78 is 37.0. The molecule has 338 valence electrons. The number of pyridine rings is 2. The molecule has 5 heterocycles. The molecule has 5 fully saturated rings. The van der Waals surface area contributed by atoms with Crippen LogP contribution >= 0.6 is 15.9 Å². The molecule has 0 bridgehead atoms. The van der Waals surface area contributed by atoms with Crippen molar-refractivity contribution in [3.8, 4) is 0 Å². The van der Waals surface area contributed by atoms with Crippen LogP contribution in [0.2, 0.25) is 0 Å². The molecule has 4 aromatic rings. The second-order valence-corrected chi connectivity index (χ2v) is 21.8. The Morgan fingerprint density at radius 1 is 0.516 bits per heavy atom. The fraction of sp³-hybridized carbons (Fsp3) is 0.520. The molecule has 2 aliphatic carbocycles. The SMILES string of the molecule is CC1(C)OB(B2OC(C)(C)C(C)(C)O2)OC1(C)C.CC1(C)OB(c2ccc(C(=O)Cc3cc(C4CC4)ccn3)cc2)OC1(C)C.O=C(Cc1cc(C2CC2)ccn1)c1ccc(Br)cc1. The number of ketones is 2. The maximum Gasteiger partial charge on any atom is 0.494 e. The number of benzene rings is 2. The fourth-order valence-corrected chi connectivity index (χ4v) is 7.77. The molecule has 0 radical (unpaired) electrons. The van der Waals surface area contributed by atoms with Crippen LogP contribution in [0, 0.1) is 0 Å². The van der Waals surface area contributed by atoms with Crippen molar-refractivity contribution in [1.29, 1.82) is 0 Å². The average Bonchev–Trinajstić information content (AvgIpc) is 4.15. The Balaban J connectivity index is 0.000000148. The van der Waals surface area contributed by atoms with Gasteiger partial charge < -0.3 is 27.9 Å². The third-order valence-corrected chi connectivity index (χ3v) is 14.7. The summed E-state index contributed by atoms with van der Waals surface area (Å²) in [6.45, 7) is 24.3. The van der Waals surface area contributed by atoms with Gasteiger partial charge >= 0.3 is 21.1 Å². The van der Waals surface area contributed by atoms with E-state index in [0.29, 0.717) is 30.2 Å². The van der Waals surface area contributed by atoms with E-state index in [0.717, 1.165) is 26.9 Å². The number of hydrogen-bond acceptors (Lipinski definition) is 10. The van der Waals surface area contributed by atoms with Crippen LogP contribution in [-0.4, -0.2) is 76.3 Å². The van der Waals surface area contributed by atoms with Gasteiger partial charge in [-0.25, -0.2) is 0 Å². The number of halogens is 1. The molecule has 0 N–H and O–H groups in total. The normalized spacial score (nSPS) is 22.0. The van der Waals surface area contributed by atoms with Gasteiger partial charge in [0.15, 0.2) is 11.6 Å². The minimum atomic E-state index is -0.476. The van der Waals surface area contributed by atoms with E-state index in [1.54, 1.807) is 0 Å². The molecular weight excluding hydrogens is 869 g/mol. The Bertz CT molecular complexity index is 2230. The third kappa shape index (κ3) is 11.2. The summed E-state index contributed by atoms with van der Waals surface area (Å²) in [5.74, 6) is 1.56. The molecule has 2 saturated carbocycles. The van der Waals surface area contributed by atoms with Crippen LogP contribution in [0.4, 0.5) is 0 Å². The van der Waals surface area contributed by atoms with Crippen molar-refractivity contribution in [3.05, 3.63) is 123 Å². The number of Topliss-reactive ketones (excluding diaryl/α,β-unsaturated/α-hetero) is 2. The summed E-state index contributed by atoms with van der Waals surface area (Å²) in [5.41, 5.74) is 4.53. The molecule has 10 nitrogen and oxygen atoms in total. The molecule has 0 spiro atoms. The molecule has 9 rings (SSSR count). The van der Waals surface area contributed by atoms with E-state index >= 15 is 0 Å². The smallest absolute Gasteiger partial charge is 0.405 e. The minimum Gasteiger partial charge on any atom is -0.405 e. The average molecular weight is 933 g/mol. The molecule has 0 unspecified atom stereocenters. The highest BCUT2D eigenvalue weighted by atomic mass is 79.9. The van der Waals surface area contributed by atoms with E-state index in [4.69, 9.17) is 27.9 Å². The third-order valence-electron chi connectivity index (χ3n) is 14.2. The molecule has 64 heavy (non-hydrogen) atoms. The first kappa shape index (κ1) is 48.4. The first-order valence-electron chi connectivity index (χ1n) is 22.7. The molecule has 14 heteroatoms. The molecule has 2 aromatic carbocycles. The number of nitrogens with zero attached hydrogens (tertiary/aromatic N) is 2. The lowest BCUT2D eigenvalue weighted by Gasteiger charge is -2.32. The molecule has 5 aliphatic rings. The van der Waals surface area contributed by atoms with Gasteiger partial charge in [0.2, 0.25) is 0 Å². The van der Waals surface area contributed by atoms with Gasteiger partial charge in [0.05, 0.1) is 46.4 Å². The number of carbonyl (C=O) groups is 2. The zero-order valence-electron chi connectivity index (χ0n) is 39.8. The minimum absolute atomic E-state index is 0.0796. The summed E-state index contributed by atoms with van der Waals surface area (Å²) in [5, 5.41) is 0. The van der Waals surface area contributed by atoms with Crippen LogP contribution < -0.4 is 5.46 Å². The first-order valence-corrected chi connectivity index (χ1v) is 23.5. The van der Waals surface area contributed by atoms with E-state index in [2.05, 4.69) is 50.2 Å². The summed E-state index contributed by atoms with van der Waals surface area (Å²) in [6, 6.07) is 23.3. The Morgan fingerprint density at radius 3 is 1.19 bits per heavy atom. The van der Waals surface area contributed by atoms with Crippen molar-refractivity contribution in [3.63, 3.8) is 0 Å². The molecular formula is C50H64B3BrN2O8. The van der Waals surface area contributed by atoms with Crippen LogP contribution in [0.3, 0.4) is 0 Å². The van der Waals surface area contributed by atoms with Crippen molar-refractivity contribution in [2.45, 2.75) is 167 Å². The standard InChI is InChI=1S/C22H26BNO3.C16H14BrNO.C12H24B2O4/c1-21(2)22(3,4)27-23(26-21)18-9-7-16(8-10-18)20(25)14-19-13-17(11-12-24-19)15-5-6-15;17-14-5-3-12(4-6-14)16(19)10-15-9-13(7-8-18-15)11-1-2-11;1-9(2)10(3,4)16-13(15-9)14-17-11(5,6)12(7,8)18-14/h7-13,15H,5-6,14H2,1-4H3;3-9,11H,1-2,10H2;1-8H3. The first-order chi connectivity index (χ1) is 29.9. The molecule has 3 aliphatic heterocycles. The number of aromatic nitrogens is 2. The fourth-order valence-electron chi connectivity index (χ4n) is 7.50.